The number of epoxide rings is 1. The minimum absolute atomic E-state index is 0.388. The summed E-state index contributed by atoms with van der Waals surface area (Å²) in [5.74, 6) is 1.77. The van der Waals surface area contributed by atoms with Gasteiger partial charge >= 0.3 is 0 Å². The van der Waals surface area contributed by atoms with Crippen molar-refractivity contribution in [3.63, 3.8) is 0 Å². The maximum absolute atomic E-state index is 5.96. The van der Waals surface area contributed by atoms with E-state index >= 15 is 0 Å². The third-order valence-electron chi connectivity index (χ3n) is 4.85. The van der Waals surface area contributed by atoms with Crippen LogP contribution in [0, 0.1) is 0 Å². The second-order valence-electron chi connectivity index (χ2n) is 5.64. The van der Waals surface area contributed by atoms with Gasteiger partial charge in [0.2, 0.25) is 0 Å². The minimum Gasteiger partial charge on any atom is -0.497 e. The van der Waals surface area contributed by atoms with Gasteiger partial charge in [-0.15, -0.1) is 0 Å². The Hall–Kier alpha value is -1.80. The van der Waals surface area contributed by atoms with Gasteiger partial charge in [-0.3, -0.25) is 0 Å². The van der Waals surface area contributed by atoms with E-state index in [1.807, 2.05) is 0 Å². The molecule has 1 heterocycles. The molecule has 94 valence electrons. The molecule has 0 amide bonds. The molecule has 2 heteroatoms. The van der Waals surface area contributed by atoms with E-state index in [4.69, 9.17) is 9.47 Å². The molecule has 0 saturated carbocycles. The number of hydrogen-bond acceptors (Lipinski definition) is 2. The maximum atomic E-state index is 5.96. The average Bonchev–Trinajstić information content (AvgIpc) is 3.26. The van der Waals surface area contributed by atoms with E-state index in [0.717, 1.165) is 5.75 Å². The third-order valence-corrected chi connectivity index (χ3v) is 4.85. The Morgan fingerprint density at radius 2 is 1.47 bits per heavy atom. The summed E-state index contributed by atoms with van der Waals surface area (Å²) in [7, 11) is 1.73. The number of benzene rings is 2. The van der Waals surface area contributed by atoms with Crippen LogP contribution in [-0.4, -0.2) is 19.3 Å². The Bertz CT molecular complexity index is 691. The SMILES string of the molecule is COc1ccc2c(c1)[C@@H]1c3ccccc3[C@H]2[C@@H]2O[C@H]12. The molecule has 19 heavy (non-hydrogen) atoms. The Morgan fingerprint density at radius 1 is 0.842 bits per heavy atom. The second-order valence-corrected chi connectivity index (χ2v) is 5.64. The van der Waals surface area contributed by atoms with E-state index < -0.39 is 0 Å². The number of methoxy groups -OCH3 is 1. The van der Waals surface area contributed by atoms with Crippen LogP contribution in [-0.2, 0) is 4.74 Å². The van der Waals surface area contributed by atoms with Gasteiger partial charge < -0.3 is 9.47 Å². The first-order valence-electron chi connectivity index (χ1n) is 6.80. The first kappa shape index (κ1) is 10.0. The van der Waals surface area contributed by atoms with Crippen molar-refractivity contribution in [3.8, 4) is 5.75 Å². The molecule has 1 fully saturated rings. The van der Waals surface area contributed by atoms with Gasteiger partial charge in [0.05, 0.1) is 19.3 Å². The average molecular weight is 250 g/mol. The van der Waals surface area contributed by atoms with E-state index in [1.165, 1.54) is 22.3 Å². The molecule has 0 unspecified atom stereocenters. The largest absolute Gasteiger partial charge is 0.497 e. The van der Waals surface area contributed by atoms with Gasteiger partial charge in [-0.1, -0.05) is 30.3 Å². The molecule has 4 aliphatic rings. The van der Waals surface area contributed by atoms with Crippen LogP contribution in [0.2, 0.25) is 0 Å². The second kappa shape index (κ2) is 3.20. The first-order valence-corrected chi connectivity index (χ1v) is 6.80. The van der Waals surface area contributed by atoms with E-state index in [9.17, 15) is 0 Å². The van der Waals surface area contributed by atoms with Crippen LogP contribution in [0.4, 0.5) is 0 Å². The molecule has 2 aromatic rings. The van der Waals surface area contributed by atoms with Gasteiger partial charge in [-0.2, -0.15) is 0 Å². The normalized spacial score (nSPS) is 32.3. The zero-order chi connectivity index (χ0) is 12.6. The molecule has 1 saturated heterocycles. The molecule has 0 N–H and O–H groups in total. The summed E-state index contributed by atoms with van der Waals surface area (Å²) in [6, 6.07) is 15.3. The van der Waals surface area contributed by atoms with E-state index in [1.54, 1.807) is 7.11 Å². The fraction of sp³-hybridized carbons (Fsp3) is 0.294. The molecule has 0 radical (unpaired) electrons. The van der Waals surface area contributed by atoms with E-state index in [2.05, 4.69) is 42.5 Å². The predicted molar refractivity (Wildman–Crippen MR) is 71.8 cm³/mol. The lowest BCUT2D eigenvalue weighted by Crippen LogP contribution is -2.31. The van der Waals surface area contributed by atoms with Crippen molar-refractivity contribution < 1.29 is 9.47 Å². The van der Waals surface area contributed by atoms with Crippen molar-refractivity contribution in [2.24, 2.45) is 0 Å². The van der Waals surface area contributed by atoms with Gasteiger partial charge in [0.15, 0.2) is 0 Å². The van der Waals surface area contributed by atoms with Crippen LogP contribution in [0.25, 0.3) is 0 Å². The third kappa shape index (κ3) is 1.11. The molecular weight excluding hydrogens is 236 g/mol. The van der Waals surface area contributed by atoms with Gasteiger partial charge in [-0.25, -0.2) is 0 Å². The van der Waals surface area contributed by atoms with Gasteiger partial charge in [0.1, 0.15) is 5.75 Å². The Balaban J connectivity index is 1.80. The molecule has 2 bridgehead atoms. The highest BCUT2D eigenvalue weighted by Gasteiger charge is 2.60. The molecule has 3 aliphatic carbocycles. The summed E-state index contributed by atoms with van der Waals surface area (Å²) in [5, 5.41) is 0. The molecule has 1 aliphatic heterocycles. The lowest BCUT2D eigenvalue weighted by atomic mass is 9.64. The van der Waals surface area contributed by atoms with E-state index in [-0.39, 0.29) is 0 Å². The number of rotatable bonds is 1. The fourth-order valence-corrected chi connectivity index (χ4v) is 4.03. The number of hydrogen-bond donors (Lipinski definition) is 0. The molecule has 4 atom stereocenters. The Labute approximate surface area is 112 Å². The smallest absolute Gasteiger partial charge is 0.119 e. The predicted octanol–water partition coefficient (Wildman–Crippen LogP) is 3.05. The fourth-order valence-electron chi connectivity index (χ4n) is 4.03. The Kier molecular flexibility index (Phi) is 1.69. The molecule has 2 nitrogen and oxygen atoms in total. The minimum atomic E-state index is 0.388. The Morgan fingerprint density at radius 3 is 2.16 bits per heavy atom. The topological polar surface area (TPSA) is 21.8 Å². The summed E-state index contributed by atoms with van der Waals surface area (Å²) in [4.78, 5) is 0. The molecule has 2 aromatic carbocycles. The maximum Gasteiger partial charge on any atom is 0.119 e. The lowest BCUT2D eigenvalue weighted by molar-refractivity contribution is 0.364. The van der Waals surface area contributed by atoms with Crippen LogP contribution in [0.1, 0.15) is 34.1 Å². The lowest BCUT2D eigenvalue weighted by Gasteiger charge is -2.37. The highest BCUT2D eigenvalue weighted by atomic mass is 16.6. The molecule has 6 rings (SSSR count). The summed E-state index contributed by atoms with van der Waals surface area (Å²) in [6.45, 7) is 0. The van der Waals surface area contributed by atoms with Crippen LogP contribution in [0.5, 0.6) is 5.75 Å². The zero-order valence-corrected chi connectivity index (χ0v) is 10.7. The van der Waals surface area contributed by atoms with Crippen LogP contribution >= 0.6 is 0 Å². The van der Waals surface area contributed by atoms with Crippen molar-refractivity contribution in [2.75, 3.05) is 7.11 Å². The van der Waals surface area contributed by atoms with E-state index in [0.29, 0.717) is 24.0 Å². The summed E-state index contributed by atoms with van der Waals surface area (Å²) in [6.07, 6.45) is 0.792. The van der Waals surface area contributed by atoms with Crippen molar-refractivity contribution in [2.45, 2.75) is 24.0 Å². The molecule has 0 spiro atoms. The summed E-state index contributed by atoms with van der Waals surface area (Å²) in [5.41, 5.74) is 5.75. The molecular formula is C17H14O2. The number of ether oxygens (including phenoxy) is 2. The summed E-state index contributed by atoms with van der Waals surface area (Å²) < 4.78 is 11.3. The summed E-state index contributed by atoms with van der Waals surface area (Å²) >= 11 is 0. The van der Waals surface area contributed by atoms with Gasteiger partial charge in [0, 0.05) is 11.8 Å². The zero-order valence-electron chi connectivity index (χ0n) is 10.7. The molecule has 0 aromatic heterocycles. The van der Waals surface area contributed by atoms with Crippen LogP contribution < -0.4 is 4.74 Å². The standard InChI is InChI=1S/C17H14O2/c1-18-9-6-7-12-13(8-9)15-11-5-3-2-4-10(11)14(12)16-17(15)19-16/h2-8,14-17H,1H3/t14-,15+,16+,17-/m1/s1. The van der Waals surface area contributed by atoms with Gasteiger partial charge in [0.25, 0.3) is 0 Å². The first-order chi connectivity index (χ1) is 9.38. The van der Waals surface area contributed by atoms with Crippen molar-refractivity contribution >= 4 is 0 Å². The quantitative estimate of drug-likeness (QED) is 0.726. The van der Waals surface area contributed by atoms with Crippen molar-refractivity contribution in [1.29, 1.82) is 0 Å². The van der Waals surface area contributed by atoms with Crippen molar-refractivity contribution in [1.82, 2.24) is 0 Å². The van der Waals surface area contributed by atoms with Crippen LogP contribution in [0.15, 0.2) is 42.5 Å². The van der Waals surface area contributed by atoms with Crippen LogP contribution in [0.3, 0.4) is 0 Å². The van der Waals surface area contributed by atoms with Gasteiger partial charge in [-0.05, 0) is 34.4 Å². The highest BCUT2D eigenvalue weighted by molar-refractivity contribution is 5.60. The monoisotopic (exact) mass is 250 g/mol. The highest BCUT2D eigenvalue weighted by Crippen LogP contribution is 2.61. The van der Waals surface area contributed by atoms with Crippen molar-refractivity contribution in [3.05, 3.63) is 64.7 Å².